The van der Waals surface area contributed by atoms with E-state index in [1.807, 2.05) is 17.5 Å². The number of carbonyl (C=O) groups excluding carboxylic acids is 1. The number of hydrogen-bond acceptors (Lipinski definition) is 4. The number of amides is 1. The Kier molecular flexibility index (Phi) is 5.66. The molecule has 1 amide bonds. The van der Waals surface area contributed by atoms with Gasteiger partial charge in [-0.25, -0.2) is 4.98 Å². The van der Waals surface area contributed by atoms with Crippen LogP contribution in [0.5, 0.6) is 0 Å². The molecule has 122 valence electrons. The van der Waals surface area contributed by atoms with E-state index in [9.17, 15) is 4.79 Å². The first-order valence-corrected chi connectivity index (χ1v) is 8.63. The second-order valence-electron chi connectivity index (χ2n) is 5.75. The van der Waals surface area contributed by atoms with Crippen molar-refractivity contribution in [1.29, 1.82) is 0 Å². The Hall–Kier alpha value is -2.01. The van der Waals surface area contributed by atoms with E-state index in [2.05, 4.69) is 32.7 Å². The zero-order valence-corrected chi connectivity index (χ0v) is 15.1. The minimum absolute atomic E-state index is 0.435. The molecule has 1 aromatic carbocycles. The van der Waals surface area contributed by atoms with Crippen LogP contribution in [-0.4, -0.2) is 24.2 Å². The Morgan fingerprint density at radius 3 is 2.78 bits per heavy atom. The molecule has 0 aliphatic rings. The molecular weight excluding hydrogens is 306 g/mol. The van der Waals surface area contributed by atoms with E-state index >= 15 is 0 Å². The van der Waals surface area contributed by atoms with E-state index in [1.165, 1.54) is 0 Å². The molecule has 0 saturated carbocycles. The molecule has 0 saturated heterocycles. The predicted molar refractivity (Wildman–Crippen MR) is 99.0 cm³/mol. The van der Waals surface area contributed by atoms with Gasteiger partial charge in [-0.05, 0) is 43.9 Å². The first-order chi connectivity index (χ1) is 11.0. The third-order valence-corrected chi connectivity index (χ3v) is 5.02. The van der Waals surface area contributed by atoms with Gasteiger partial charge >= 0.3 is 0 Å². The molecule has 1 unspecified atom stereocenters. The molecule has 1 heterocycles. The number of rotatable bonds is 6. The van der Waals surface area contributed by atoms with Crippen molar-refractivity contribution in [2.45, 2.75) is 34.1 Å². The highest BCUT2D eigenvalue weighted by Crippen LogP contribution is 2.36. The van der Waals surface area contributed by atoms with Crippen molar-refractivity contribution >= 4 is 34.8 Å². The molecule has 2 aromatic rings. The van der Waals surface area contributed by atoms with Crippen LogP contribution >= 0.6 is 11.3 Å². The average Bonchev–Trinajstić information content (AvgIpc) is 3.09. The van der Waals surface area contributed by atoms with E-state index in [0.29, 0.717) is 5.92 Å². The van der Waals surface area contributed by atoms with Crippen LogP contribution in [0.4, 0.5) is 11.4 Å². The zero-order chi connectivity index (χ0) is 17.0. The maximum atomic E-state index is 11.2. The van der Waals surface area contributed by atoms with Gasteiger partial charge in [0.15, 0.2) is 0 Å². The normalized spacial score (nSPS) is 13.0. The first kappa shape index (κ1) is 17.3. The maximum absolute atomic E-state index is 11.2. The summed E-state index contributed by atoms with van der Waals surface area (Å²) in [5, 5.41) is 2.90. The third kappa shape index (κ3) is 3.85. The molecular formula is C18H23N3OS. The maximum Gasteiger partial charge on any atom is 0.213 e. The topological polar surface area (TPSA) is 45.6 Å². The fourth-order valence-corrected chi connectivity index (χ4v) is 2.95. The van der Waals surface area contributed by atoms with Gasteiger partial charge in [-0.2, -0.15) is 0 Å². The van der Waals surface area contributed by atoms with Gasteiger partial charge in [-0.1, -0.05) is 13.8 Å². The van der Waals surface area contributed by atoms with Crippen molar-refractivity contribution in [3.8, 4) is 10.6 Å². The molecule has 4 nitrogen and oxygen atoms in total. The van der Waals surface area contributed by atoms with Gasteiger partial charge in [-0.3, -0.25) is 9.79 Å². The Balaban J connectivity index is 2.61. The Bertz CT molecular complexity index is 707. The van der Waals surface area contributed by atoms with Crippen molar-refractivity contribution in [1.82, 2.24) is 4.98 Å². The van der Waals surface area contributed by atoms with Gasteiger partial charge in [0.05, 0.1) is 5.69 Å². The number of hydrogen-bond donors (Lipinski definition) is 0. The molecule has 0 fully saturated rings. The highest BCUT2D eigenvalue weighted by Gasteiger charge is 2.14. The molecule has 5 heteroatoms. The van der Waals surface area contributed by atoms with Gasteiger partial charge in [0.1, 0.15) is 5.01 Å². The summed E-state index contributed by atoms with van der Waals surface area (Å²) >= 11 is 1.59. The van der Waals surface area contributed by atoms with E-state index in [-0.39, 0.29) is 0 Å². The minimum Gasteiger partial charge on any atom is -0.318 e. The summed E-state index contributed by atoms with van der Waals surface area (Å²) < 4.78 is 0. The Labute approximate surface area is 141 Å². The van der Waals surface area contributed by atoms with Gasteiger partial charge in [-0.15, -0.1) is 11.3 Å². The third-order valence-electron chi connectivity index (χ3n) is 4.22. The number of thiazole rings is 1. The summed E-state index contributed by atoms with van der Waals surface area (Å²) in [6.07, 6.45) is 3.66. The fourth-order valence-electron chi connectivity index (χ4n) is 2.24. The van der Waals surface area contributed by atoms with Crippen LogP contribution in [0.1, 0.15) is 32.8 Å². The van der Waals surface area contributed by atoms with Crippen LogP contribution in [0, 0.1) is 12.8 Å². The van der Waals surface area contributed by atoms with Crippen molar-refractivity contribution < 1.29 is 4.79 Å². The highest BCUT2D eigenvalue weighted by molar-refractivity contribution is 7.13. The number of aromatic nitrogens is 1. The smallest absolute Gasteiger partial charge is 0.213 e. The summed E-state index contributed by atoms with van der Waals surface area (Å²) in [4.78, 5) is 22.0. The number of anilines is 1. The molecule has 0 N–H and O–H groups in total. The summed E-state index contributed by atoms with van der Waals surface area (Å²) in [7, 11) is 1.75. The van der Waals surface area contributed by atoms with Gasteiger partial charge in [0.25, 0.3) is 0 Å². The average molecular weight is 329 g/mol. The number of carbonyl (C=O) groups is 1. The van der Waals surface area contributed by atoms with Crippen LogP contribution in [0.2, 0.25) is 0 Å². The molecule has 0 aliphatic carbocycles. The molecule has 0 radical (unpaired) electrons. The number of aliphatic imine (C=N–C) groups is 1. The van der Waals surface area contributed by atoms with Crippen LogP contribution in [0.25, 0.3) is 10.6 Å². The van der Waals surface area contributed by atoms with Crippen molar-refractivity contribution in [2.24, 2.45) is 10.9 Å². The fraction of sp³-hybridized carbons (Fsp3) is 0.389. The highest BCUT2D eigenvalue weighted by atomic mass is 32.1. The van der Waals surface area contributed by atoms with Crippen molar-refractivity contribution in [3.05, 3.63) is 29.3 Å². The summed E-state index contributed by atoms with van der Waals surface area (Å²) in [6.45, 7) is 8.46. The molecule has 23 heavy (non-hydrogen) atoms. The summed E-state index contributed by atoms with van der Waals surface area (Å²) in [5.41, 5.74) is 4.95. The van der Waals surface area contributed by atoms with E-state index in [4.69, 9.17) is 4.99 Å². The van der Waals surface area contributed by atoms with Crippen LogP contribution in [0.15, 0.2) is 28.7 Å². The molecule has 0 spiro atoms. The largest absolute Gasteiger partial charge is 0.318 e. The summed E-state index contributed by atoms with van der Waals surface area (Å²) in [6, 6.07) is 3.97. The minimum atomic E-state index is 0.435. The lowest BCUT2D eigenvalue weighted by atomic mass is 10.0. The second kappa shape index (κ2) is 7.51. The van der Waals surface area contributed by atoms with E-state index in [0.717, 1.165) is 46.1 Å². The van der Waals surface area contributed by atoms with Crippen LogP contribution in [-0.2, 0) is 4.79 Å². The predicted octanol–water partition coefficient (Wildman–Crippen LogP) is 4.85. The van der Waals surface area contributed by atoms with Gasteiger partial charge in [0.2, 0.25) is 6.41 Å². The van der Waals surface area contributed by atoms with Crippen LogP contribution in [0.3, 0.4) is 0 Å². The molecule has 1 aromatic heterocycles. The van der Waals surface area contributed by atoms with Crippen molar-refractivity contribution in [2.75, 3.05) is 11.9 Å². The molecule has 1 atom stereocenters. The molecule has 0 aliphatic heterocycles. The van der Waals surface area contributed by atoms with Crippen molar-refractivity contribution in [3.63, 3.8) is 0 Å². The lowest BCUT2D eigenvalue weighted by molar-refractivity contribution is -0.107. The standard InChI is InChI=1S/C18H23N3OS/c1-6-12(2)14(4)20-17-10-15(21(5)11-22)9-16(13(17)3)18-19-7-8-23-18/h7-12H,6H2,1-5H3/b20-14-. The Morgan fingerprint density at radius 1 is 1.48 bits per heavy atom. The Morgan fingerprint density at radius 2 is 2.22 bits per heavy atom. The SMILES string of the molecule is CCC(C)/C(C)=N\c1cc(N(C)C=O)cc(-c2nccs2)c1C. The quantitative estimate of drug-likeness (QED) is 0.562. The zero-order valence-electron chi connectivity index (χ0n) is 14.3. The van der Waals surface area contributed by atoms with Gasteiger partial charge < -0.3 is 4.90 Å². The molecule has 2 rings (SSSR count). The lowest BCUT2D eigenvalue weighted by Gasteiger charge is -2.16. The summed E-state index contributed by atoms with van der Waals surface area (Å²) in [5.74, 6) is 0.435. The number of nitrogens with zero attached hydrogens (tertiary/aromatic N) is 3. The lowest BCUT2D eigenvalue weighted by Crippen LogP contribution is -2.14. The monoisotopic (exact) mass is 329 g/mol. The molecule has 0 bridgehead atoms. The van der Waals surface area contributed by atoms with E-state index in [1.54, 1.807) is 29.5 Å². The van der Waals surface area contributed by atoms with Crippen LogP contribution < -0.4 is 4.90 Å². The van der Waals surface area contributed by atoms with Gasteiger partial charge in [0, 0.05) is 35.6 Å². The first-order valence-electron chi connectivity index (χ1n) is 7.75. The second-order valence-corrected chi connectivity index (χ2v) is 6.65. The number of benzene rings is 1. The van der Waals surface area contributed by atoms with E-state index < -0.39 is 0 Å².